The third-order valence-corrected chi connectivity index (χ3v) is 6.89. The highest BCUT2D eigenvalue weighted by Gasteiger charge is 2.32. The minimum absolute atomic E-state index is 0.0105. The number of carboxylic acids is 1. The van der Waals surface area contributed by atoms with E-state index in [0.29, 0.717) is 6.42 Å². The van der Waals surface area contributed by atoms with Crippen LogP contribution < -0.4 is 0 Å². The van der Waals surface area contributed by atoms with Crippen molar-refractivity contribution in [3.8, 4) is 0 Å². The minimum atomic E-state index is -0.710. The van der Waals surface area contributed by atoms with Gasteiger partial charge in [0.25, 0.3) is 0 Å². The molecule has 4 nitrogen and oxygen atoms in total. The number of hydrogen-bond acceptors (Lipinski definition) is 3. The number of aliphatic carboxylic acids is 1. The fraction of sp³-hybridized carbons (Fsp3) is 0.933. The lowest BCUT2D eigenvalue weighted by Crippen LogP contribution is -2.35. The lowest BCUT2D eigenvalue weighted by molar-refractivity contribution is -0.163. The molecule has 0 aliphatic rings. The molecule has 0 atom stereocenters. The van der Waals surface area contributed by atoms with Crippen molar-refractivity contribution in [1.82, 2.24) is 0 Å². The Hall–Kier alpha value is -1.06. The first-order chi connectivity index (χ1) is 16.2. The molecule has 0 aromatic heterocycles. The second-order valence-corrected chi connectivity index (χ2v) is 11.4. The Labute approximate surface area is 212 Å². The van der Waals surface area contributed by atoms with Gasteiger partial charge in [-0.05, 0) is 56.8 Å². The molecule has 0 heterocycles. The number of carbonyl (C=O) groups excluding carboxylic acids is 1. The predicted molar refractivity (Wildman–Crippen MR) is 144 cm³/mol. The van der Waals surface area contributed by atoms with E-state index in [9.17, 15) is 9.59 Å². The van der Waals surface area contributed by atoms with Crippen LogP contribution in [0.2, 0.25) is 0 Å². The SMILES string of the molecule is CCCC(CCCCCC(C)C)(CCCCCC(C)C)OC(=O)CCCCCCCCC(=O)O. The van der Waals surface area contributed by atoms with Crippen LogP contribution in [-0.2, 0) is 14.3 Å². The van der Waals surface area contributed by atoms with Gasteiger partial charge in [-0.15, -0.1) is 0 Å². The van der Waals surface area contributed by atoms with Gasteiger partial charge in [0.2, 0.25) is 0 Å². The van der Waals surface area contributed by atoms with Crippen molar-refractivity contribution in [2.45, 2.75) is 169 Å². The van der Waals surface area contributed by atoms with Crippen molar-refractivity contribution < 1.29 is 19.4 Å². The number of esters is 1. The van der Waals surface area contributed by atoms with Crippen LogP contribution in [0.15, 0.2) is 0 Å². The number of rotatable bonds is 24. The molecule has 0 rings (SSSR count). The highest BCUT2D eigenvalue weighted by molar-refractivity contribution is 5.69. The Kier molecular flexibility index (Phi) is 20.6. The Balaban J connectivity index is 4.58. The zero-order valence-corrected chi connectivity index (χ0v) is 23.5. The molecule has 0 amide bonds. The fourth-order valence-electron chi connectivity index (χ4n) is 4.88. The molecule has 1 N–H and O–H groups in total. The summed E-state index contributed by atoms with van der Waals surface area (Å²) >= 11 is 0. The molecule has 0 aromatic carbocycles. The third-order valence-electron chi connectivity index (χ3n) is 6.89. The standard InChI is InChI=1S/C30H58O4/c1-6-23-30(24-17-11-13-19-26(2)3,25-18-12-14-20-27(4)5)34-29(33)22-16-10-8-7-9-15-21-28(31)32/h26-27H,6-25H2,1-5H3,(H,31,32). The van der Waals surface area contributed by atoms with Crippen LogP contribution in [-0.4, -0.2) is 22.6 Å². The molecule has 0 saturated heterocycles. The Bertz CT molecular complexity index is 480. The van der Waals surface area contributed by atoms with E-state index in [2.05, 4.69) is 34.6 Å². The van der Waals surface area contributed by atoms with Crippen LogP contribution in [0.1, 0.15) is 163 Å². The monoisotopic (exact) mass is 482 g/mol. The van der Waals surface area contributed by atoms with Crippen LogP contribution in [0, 0.1) is 11.8 Å². The molecule has 0 spiro atoms. The highest BCUT2D eigenvalue weighted by atomic mass is 16.6. The number of ether oxygens (including phenoxy) is 1. The minimum Gasteiger partial charge on any atom is -0.481 e. The largest absolute Gasteiger partial charge is 0.481 e. The molecule has 4 heteroatoms. The van der Waals surface area contributed by atoms with Crippen molar-refractivity contribution in [2.24, 2.45) is 11.8 Å². The molecular weight excluding hydrogens is 424 g/mol. The number of carbonyl (C=O) groups is 2. The van der Waals surface area contributed by atoms with Crippen molar-refractivity contribution in [1.29, 1.82) is 0 Å². The lowest BCUT2D eigenvalue weighted by Gasteiger charge is -2.34. The summed E-state index contributed by atoms with van der Waals surface area (Å²) in [6.07, 6.45) is 20.5. The first kappa shape index (κ1) is 32.9. The van der Waals surface area contributed by atoms with Crippen LogP contribution in [0.4, 0.5) is 0 Å². The molecule has 202 valence electrons. The Morgan fingerprint density at radius 1 is 0.647 bits per heavy atom. The van der Waals surface area contributed by atoms with Gasteiger partial charge in [-0.1, -0.05) is 105 Å². The Morgan fingerprint density at radius 3 is 1.53 bits per heavy atom. The molecule has 0 aromatic rings. The van der Waals surface area contributed by atoms with E-state index in [1.807, 2.05) is 0 Å². The molecule has 0 aliphatic heterocycles. The normalized spacial score (nSPS) is 12.0. The van der Waals surface area contributed by atoms with E-state index in [0.717, 1.165) is 88.9 Å². The molecule has 0 bridgehead atoms. The summed E-state index contributed by atoms with van der Waals surface area (Å²) in [4.78, 5) is 23.4. The van der Waals surface area contributed by atoms with Gasteiger partial charge < -0.3 is 9.84 Å². The molecule has 34 heavy (non-hydrogen) atoms. The van der Waals surface area contributed by atoms with Gasteiger partial charge in [-0.3, -0.25) is 9.59 Å². The average molecular weight is 483 g/mol. The van der Waals surface area contributed by atoms with E-state index < -0.39 is 5.97 Å². The van der Waals surface area contributed by atoms with Gasteiger partial charge in [0.05, 0.1) is 0 Å². The molecule has 0 aliphatic carbocycles. The molecule has 0 fully saturated rings. The van der Waals surface area contributed by atoms with Gasteiger partial charge in [-0.2, -0.15) is 0 Å². The highest BCUT2D eigenvalue weighted by Crippen LogP contribution is 2.33. The van der Waals surface area contributed by atoms with Crippen LogP contribution in [0.25, 0.3) is 0 Å². The molecular formula is C30H58O4. The maximum absolute atomic E-state index is 12.8. The van der Waals surface area contributed by atoms with Crippen molar-refractivity contribution in [3.63, 3.8) is 0 Å². The van der Waals surface area contributed by atoms with Gasteiger partial charge in [0, 0.05) is 12.8 Å². The zero-order chi connectivity index (χ0) is 25.7. The summed E-state index contributed by atoms with van der Waals surface area (Å²) in [5, 5.41) is 8.70. The van der Waals surface area contributed by atoms with Gasteiger partial charge in [0.15, 0.2) is 0 Å². The maximum Gasteiger partial charge on any atom is 0.306 e. The predicted octanol–water partition coefficient (Wildman–Crippen LogP) is 9.49. The summed E-state index contributed by atoms with van der Waals surface area (Å²) in [5.41, 5.74) is -0.266. The zero-order valence-electron chi connectivity index (χ0n) is 23.5. The van der Waals surface area contributed by atoms with Gasteiger partial charge in [-0.25, -0.2) is 0 Å². The topological polar surface area (TPSA) is 63.6 Å². The summed E-state index contributed by atoms with van der Waals surface area (Å²) < 4.78 is 6.30. The quantitative estimate of drug-likeness (QED) is 0.110. The first-order valence-corrected chi connectivity index (χ1v) is 14.6. The smallest absolute Gasteiger partial charge is 0.306 e. The summed E-state index contributed by atoms with van der Waals surface area (Å²) in [6, 6.07) is 0. The molecule has 0 radical (unpaired) electrons. The number of unbranched alkanes of at least 4 members (excludes halogenated alkanes) is 9. The van der Waals surface area contributed by atoms with E-state index in [-0.39, 0.29) is 18.0 Å². The van der Waals surface area contributed by atoms with E-state index in [4.69, 9.17) is 9.84 Å². The van der Waals surface area contributed by atoms with Gasteiger partial charge >= 0.3 is 11.9 Å². The summed E-state index contributed by atoms with van der Waals surface area (Å²) in [6.45, 7) is 11.4. The van der Waals surface area contributed by atoms with E-state index in [1.54, 1.807) is 0 Å². The fourth-order valence-corrected chi connectivity index (χ4v) is 4.88. The maximum atomic E-state index is 12.8. The van der Waals surface area contributed by atoms with Crippen molar-refractivity contribution in [3.05, 3.63) is 0 Å². The van der Waals surface area contributed by atoms with Crippen molar-refractivity contribution in [2.75, 3.05) is 0 Å². The second kappa shape index (κ2) is 21.2. The summed E-state index contributed by atoms with van der Waals surface area (Å²) in [5.74, 6) is 0.801. The Morgan fingerprint density at radius 2 is 1.09 bits per heavy atom. The number of hydrogen-bond donors (Lipinski definition) is 1. The number of carboxylic acid groups (broad SMARTS) is 1. The van der Waals surface area contributed by atoms with Crippen LogP contribution >= 0.6 is 0 Å². The first-order valence-electron chi connectivity index (χ1n) is 14.6. The van der Waals surface area contributed by atoms with Crippen molar-refractivity contribution >= 4 is 11.9 Å². The lowest BCUT2D eigenvalue weighted by atomic mass is 9.85. The second-order valence-electron chi connectivity index (χ2n) is 11.4. The molecule has 0 unspecified atom stereocenters. The van der Waals surface area contributed by atoms with Gasteiger partial charge in [0.1, 0.15) is 5.60 Å². The van der Waals surface area contributed by atoms with Crippen LogP contribution in [0.3, 0.4) is 0 Å². The van der Waals surface area contributed by atoms with E-state index >= 15 is 0 Å². The molecule has 0 saturated carbocycles. The van der Waals surface area contributed by atoms with E-state index in [1.165, 1.54) is 38.5 Å². The third kappa shape index (κ3) is 20.3. The average Bonchev–Trinajstić information content (AvgIpc) is 2.74. The van der Waals surface area contributed by atoms with Crippen LogP contribution in [0.5, 0.6) is 0 Å². The summed E-state index contributed by atoms with van der Waals surface area (Å²) in [7, 11) is 0.